The number of hydrogen-bond acceptors (Lipinski definition) is 3. The third-order valence-electron chi connectivity index (χ3n) is 3.38. The lowest BCUT2D eigenvalue weighted by atomic mass is 10.00. The number of imidazole rings is 1. The van der Waals surface area contributed by atoms with Gasteiger partial charge >= 0.3 is 0 Å². The predicted octanol–water partition coefficient (Wildman–Crippen LogP) is 1.75. The van der Waals surface area contributed by atoms with Gasteiger partial charge in [-0.3, -0.25) is 4.40 Å². The molecule has 0 N–H and O–H groups in total. The van der Waals surface area contributed by atoms with Crippen LogP contribution in [0.1, 0.15) is 12.8 Å². The SMILES string of the molecule is O=CC1CCCN(c2cccc3nccn23)C1. The van der Waals surface area contributed by atoms with E-state index < -0.39 is 0 Å². The van der Waals surface area contributed by atoms with Crippen LogP contribution in [0.4, 0.5) is 5.82 Å². The quantitative estimate of drug-likeness (QED) is 0.736. The summed E-state index contributed by atoms with van der Waals surface area (Å²) in [6.07, 6.45) is 6.95. The predicted molar refractivity (Wildman–Crippen MR) is 66.2 cm³/mol. The molecule has 0 aromatic carbocycles. The summed E-state index contributed by atoms with van der Waals surface area (Å²) in [5.74, 6) is 1.30. The molecule has 1 fully saturated rings. The second-order valence-electron chi connectivity index (χ2n) is 4.52. The molecule has 0 radical (unpaired) electrons. The van der Waals surface area contributed by atoms with Crippen LogP contribution in [0, 0.1) is 5.92 Å². The van der Waals surface area contributed by atoms with E-state index in [1.165, 1.54) is 0 Å². The first-order valence-electron chi connectivity index (χ1n) is 6.01. The first kappa shape index (κ1) is 10.3. The van der Waals surface area contributed by atoms with Crippen molar-refractivity contribution in [1.82, 2.24) is 9.38 Å². The Morgan fingerprint density at radius 2 is 2.35 bits per heavy atom. The Labute approximate surface area is 99.9 Å². The van der Waals surface area contributed by atoms with E-state index in [0.717, 1.165) is 43.7 Å². The van der Waals surface area contributed by atoms with Crippen LogP contribution in [-0.2, 0) is 4.79 Å². The average Bonchev–Trinajstić information content (AvgIpc) is 2.87. The van der Waals surface area contributed by atoms with E-state index in [1.54, 1.807) is 6.20 Å². The number of pyridine rings is 1. The molecular formula is C13H15N3O. The number of carbonyl (C=O) groups excluding carboxylic acids is 1. The maximum Gasteiger partial charge on any atom is 0.138 e. The summed E-state index contributed by atoms with van der Waals surface area (Å²) in [6.45, 7) is 1.84. The van der Waals surface area contributed by atoms with Crippen molar-refractivity contribution in [2.24, 2.45) is 5.92 Å². The number of fused-ring (bicyclic) bond motifs is 1. The number of aromatic nitrogens is 2. The largest absolute Gasteiger partial charge is 0.357 e. The average molecular weight is 229 g/mol. The molecule has 1 aliphatic heterocycles. The Morgan fingerprint density at radius 3 is 3.24 bits per heavy atom. The lowest BCUT2D eigenvalue weighted by molar-refractivity contribution is -0.111. The van der Waals surface area contributed by atoms with Gasteiger partial charge in [-0.25, -0.2) is 4.98 Å². The van der Waals surface area contributed by atoms with Crippen molar-refractivity contribution < 1.29 is 4.79 Å². The van der Waals surface area contributed by atoms with Crippen LogP contribution in [0.25, 0.3) is 5.65 Å². The Hall–Kier alpha value is -1.84. The monoisotopic (exact) mass is 229 g/mol. The van der Waals surface area contributed by atoms with Crippen molar-refractivity contribution in [3.8, 4) is 0 Å². The molecule has 0 aliphatic carbocycles. The van der Waals surface area contributed by atoms with E-state index >= 15 is 0 Å². The van der Waals surface area contributed by atoms with Crippen LogP contribution in [-0.4, -0.2) is 28.8 Å². The minimum atomic E-state index is 0.169. The standard InChI is InChI=1S/C13H15N3O/c17-10-11-3-2-7-15(9-11)13-5-1-4-12-14-6-8-16(12)13/h1,4-6,8,10-11H,2-3,7,9H2. The molecule has 0 amide bonds. The Bertz CT molecular complexity index is 534. The molecule has 1 atom stereocenters. The summed E-state index contributed by atoms with van der Waals surface area (Å²) in [7, 11) is 0. The van der Waals surface area contributed by atoms with Crippen LogP contribution < -0.4 is 4.90 Å². The van der Waals surface area contributed by atoms with Gasteiger partial charge in [0.05, 0.1) is 0 Å². The maximum absolute atomic E-state index is 10.9. The van der Waals surface area contributed by atoms with Crippen molar-refractivity contribution in [3.05, 3.63) is 30.6 Å². The molecule has 1 saturated heterocycles. The number of rotatable bonds is 2. The zero-order valence-electron chi connectivity index (χ0n) is 9.62. The minimum absolute atomic E-state index is 0.169. The molecular weight excluding hydrogens is 214 g/mol. The molecule has 4 nitrogen and oxygen atoms in total. The topological polar surface area (TPSA) is 37.6 Å². The lowest BCUT2D eigenvalue weighted by Crippen LogP contribution is -2.36. The van der Waals surface area contributed by atoms with E-state index in [1.807, 2.05) is 18.3 Å². The lowest BCUT2D eigenvalue weighted by Gasteiger charge is -2.32. The number of hydrogen-bond donors (Lipinski definition) is 0. The Morgan fingerprint density at radius 1 is 1.41 bits per heavy atom. The maximum atomic E-state index is 10.9. The highest BCUT2D eigenvalue weighted by Crippen LogP contribution is 2.22. The van der Waals surface area contributed by atoms with Crippen molar-refractivity contribution in [3.63, 3.8) is 0 Å². The second kappa shape index (κ2) is 4.20. The number of aldehydes is 1. The van der Waals surface area contributed by atoms with Crippen molar-refractivity contribution in [2.45, 2.75) is 12.8 Å². The molecule has 3 rings (SSSR count). The van der Waals surface area contributed by atoms with E-state index in [0.29, 0.717) is 0 Å². The van der Waals surface area contributed by atoms with Gasteiger partial charge < -0.3 is 9.69 Å². The summed E-state index contributed by atoms with van der Waals surface area (Å²) in [5.41, 5.74) is 0.954. The summed E-state index contributed by atoms with van der Waals surface area (Å²) < 4.78 is 2.08. The van der Waals surface area contributed by atoms with Crippen LogP contribution in [0.2, 0.25) is 0 Å². The number of nitrogens with zero attached hydrogens (tertiary/aromatic N) is 3. The zero-order chi connectivity index (χ0) is 11.7. The van der Waals surface area contributed by atoms with Crippen molar-refractivity contribution in [2.75, 3.05) is 18.0 Å². The molecule has 2 aromatic heterocycles. The molecule has 0 bridgehead atoms. The fourth-order valence-corrected chi connectivity index (χ4v) is 2.52. The Balaban J connectivity index is 1.97. The molecule has 88 valence electrons. The number of carbonyl (C=O) groups is 1. The normalized spacial score (nSPS) is 20.7. The van der Waals surface area contributed by atoms with Crippen LogP contribution in [0.5, 0.6) is 0 Å². The third-order valence-corrected chi connectivity index (χ3v) is 3.38. The minimum Gasteiger partial charge on any atom is -0.357 e. The summed E-state index contributed by atoms with van der Waals surface area (Å²) >= 11 is 0. The third kappa shape index (κ3) is 1.79. The first-order chi connectivity index (χ1) is 8.38. The molecule has 0 spiro atoms. The summed E-state index contributed by atoms with van der Waals surface area (Å²) in [4.78, 5) is 17.5. The molecule has 3 heterocycles. The van der Waals surface area contributed by atoms with E-state index in [9.17, 15) is 4.79 Å². The van der Waals surface area contributed by atoms with Gasteiger partial charge in [0.15, 0.2) is 0 Å². The van der Waals surface area contributed by atoms with Crippen LogP contribution in [0.3, 0.4) is 0 Å². The highest BCUT2D eigenvalue weighted by molar-refractivity contribution is 5.57. The fourth-order valence-electron chi connectivity index (χ4n) is 2.52. The zero-order valence-corrected chi connectivity index (χ0v) is 9.62. The molecule has 17 heavy (non-hydrogen) atoms. The van der Waals surface area contributed by atoms with Gasteiger partial charge in [-0.1, -0.05) is 6.07 Å². The molecule has 1 aliphatic rings. The van der Waals surface area contributed by atoms with Gasteiger partial charge in [0.2, 0.25) is 0 Å². The van der Waals surface area contributed by atoms with Crippen LogP contribution >= 0.6 is 0 Å². The molecule has 1 unspecified atom stereocenters. The smallest absolute Gasteiger partial charge is 0.138 e. The first-order valence-corrected chi connectivity index (χ1v) is 6.01. The van der Waals surface area contributed by atoms with Gasteiger partial charge in [-0.05, 0) is 25.0 Å². The highest BCUT2D eigenvalue weighted by atomic mass is 16.1. The molecule has 0 saturated carbocycles. The summed E-state index contributed by atoms with van der Waals surface area (Å²) in [5, 5.41) is 0. The molecule has 4 heteroatoms. The van der Waals surface area contributed by atoms with Crippen molar-refractivity contribution in [1.29, 1.82) is 0 Å². The van der Waals surface area contributed by atoms with Gasteiger partial charge in [-0.2, -0.15) is 0 Å². The van der Waals surface area contributed by atoms with Gasteiger partial charge in [0.1, 0.15) is 17.8 Å². The van der Waals surface area contributed by atoms with Crippen LogP contribution in [0.15, 0.2) is 30.6 Å². The van der Waals surface area contributed by atoms with E-state index in [-0.39, 0.29) is 5.92 Å². The Kier molecular flexibility index (Phi) is 2.55. The molecule has 2 aromatic rings. The summed E-state index contributed by atoms with van der Waals surface area (Å²) in [6, 6.07) is 6.09. The fraction of sp³-hybridized carbons (Fsp3) is 0.385. The van der Waals surface area contributed by atoms with Crippen molar-refractivity contribution >= 4 is 17.8 Å². The van der Waals surface area contributed by atoms with Gasteiger partial charge in [0, 0.05) is 31.4 Å². The van der Waals surface area contributed by atoms with E-state index in [2.05, 4.69) is 20.4 Å². The van der Waals surface area contributed by atoms with E-state index in [4.69, 9.17) is 0 Å². The van der Waals surface area contributed by atoms with Gasteiger partial charge in [-0.15, -0.1) is 0 Å². The number of anilines is 1. The highest BCUT2D eigenvalue weighted by Gasteiger charge is 2.20. The van der Waals surface area contributed by atoms with Gasteiger partial charge in [0.25, 0.3) is 0 Å². The number of piperidine rings is 1. The second-order valence-corrected chi connectivity index (χ2v) is 4.52.